The predicted octanol–water partition coefficient (Wildman–Crippen LogP) is 3.54. The summed E-state index contributed by atoms with van der Waals surface area (Å²) in [6.45, 7) is 16.9. The van der Waals surface area contributed by atoms with Crippen LogP contribution in [0.25, 0.3) is 0 Å². The molecule has 0 aromatic heterocycles. The minimum Gasteiger partial charge on any atom is -0.279 e. The lowest BCUT2D eigenvalue weighted by Gasteiger charge is -2.17. The maximum Gasteiger partial charge on any atom is 0.129 e. The molecule has 96 valence electrons. The summed E-state index contributed by atoms with van der Waals surface area (Å²) in [6, 6.07) is 1.27. The lowest BCUT2D eigenvalue weighted by molar-refractivity contribution is 0.341. The summed E-state index contributed by atoms with van der Waals surface area (Å²) in [6.07, 6.45) is 4.47. The third kappa shape index (κ3) is 4.33. The van der Waals surface area contributed by atoms with Gasteiger partial charge in [-0.1, -0.05) is 58.5 Å². The molecule has 0 N–H and O–H groups in total. The van der Waals surface area contributed by atoms with E-state index in [4.69, 9.17) is 0 Å². The van der Waals surface area contributed by atoms with Crippen molar-refractivity contribution in [2.24, 2.45) is 5.41 Å². The van der Waals surface area contributed by atoms with Crippen LogP contribution in [0.3, 0.4) is 0 Å². The Balaban J connectivity index is 2.62. The van der Waals surface area contributed by atoms with Crippen LogP contribution in [-0.4, -0.2) is 31.6 Å². The summed E-state index contributed by atoms with van der Waals surface area (Å²) in [4.78, 5) is 2.51. The van der Waals surface area contributed by atoms with Crippen molar-refractivity contribution in [1.29, 1.82) is 0 Å². The number of hydrogen-bond acceptors (Lipinski definition) is 1. The molecule has 0 aromatic carbocycles. The van der Waals surface area contributed by atoms with Gasteiger partial charge in [0.15, 0.2) is 0 Å². The number of nitrogens with zero attached hydrogens (tertiary/aromatic N) is 1. The van der Waals surface area contributed by atoms with E-state index in [1.165, 1.54) is 0 Å². The van der Waals surface area contributed by atoms with Crippen LogP contribution in [0.15, 0.2) is 12.2 Å². The van der Waals surface area contributed by atoms with Crippen molar-refractivity contribution in [1.82, 2.24) is 4.90 Å². The lowest BCUT2D eigenvalue weighted by atomic mass is 9.90. The van der Waals surface area contributed by atoms with Gasteiger partial charge in [-0.05, 0) is 12.3 Å². The summed E-state index contributed by atoms with van der Waals surface area (Å²) in [5.41, 5.74) is 3.80. The minimum atomic E-state index is -1.21. The van der Waals surface area contributed by atoms with E-state index < -0.39 is 8.07 Å². The van der Waals surface area contributed by atoms with Crippen LogP contribution in [-0.2, 0) is 0 Å². The molecule has 2 heteroatoms. The van der Waals surface area contributed by atoms with Gasteiger partial charge in [0.1, 0.15) is 8.07 Å². The molecule has 0 bridgehead atoms. The molecule has 1 unspecified atom stereocenters. The Morgan fingerprint density at radius 2 is 1.82 bits per heavy atom. The maximum absolute atomic E-state index is 3.45. The Labute approximate surface area is 108 Å². The zero-order valence-electron chi connectivity index (χ0n) is 12.5. The van der Waals surface area contributed by atoms with Crippen molar-refractivity contribution < 1.29 is 0 Å². The molecular formula is C15H27NSi. The highest BCUT2D eigenvalue weighted by molar-refractivity contribution is 6.83. The molecule has 0 amide bonds. The molecule has 0 aliphatic carbocycles. The van der Waals surface area contributed by atoms with Gasteiger partial charge >= 0.3 is 0 Å². The van der Waals surface area contributed by atoms with Crippen LogP contribution in [0, 0.1) is 16.9 Å². The van der Waals surface area contributed by atoms with Gasteiger partial charge in [0, 0.05) is 12.1 Å². The monoisotopic (exact) mass is 249 g/mol. The fourth-order valence-corrected chi connectivity index (χ4v) is 2.93. The number of allylic oxidation sites excluding steroid dienone is 1. The molecule has 0 spiro atoms. The summed E-state index contributed by atoms with van der Waals surface area (Å²) in [5.74, 6) is 3.38. The molecule has 17 heavy (non-hydrogen) atoms. The van der Waals surface area contributed by atoms with Gasteiger partial charge in [-0.25, -0.2) is 0 Å². The van der Waals surface area contributed by atoms with Crippen LogP contribution in [0.1, 0.15) is 27.7 Å². The van der Waals surface area contributed by atoms with E-state index in [0.717, 1.165) is 6.54 Å². The van der Waals surface area contributed by atoms with Gasteiger partial charge in [0.2, 0.25) is 0 Å². The van der Waals surface area contributed by atoms with Gasteiger partial charge in [-0.3, -0.25) is 4.90 Å². The number of hydrogen-bond donors (Lipinski definition) is 0. The molecule has 1 heterocycles. The Morgan fingerprint density at radius 3 is 2.24 bits per heavy atom. The molecule has 0 aromatic rings. The minimum absolute atomic E-state index is 0.352. The molecule has 1 saturated heterocycles. The lowest BCUT2D eigenvalue weighted by Crippen LogP contribution is -2.20. The highest BCUT2D eigenvalue weighted by Crippen LogP contribution is 2.41. The van der Waals surface area contributed by atoms with E-state index in [2.05, 4.69) is 75.9 Å². The Hall–Kier alpha value is -0.523. The van der Waals surface area contributed by atoms with Crippen molar-refractivity contribution in [3.63, 3.8) is 0 Å². The van der Waals surface area contributed by atoms with Gasteiger partial charge in [-0.15, -0.1) is 5.54 Å². The van der Waals surface area contributed by atoms with Crippen molar-refractivity contribution in [2.75, 3.05) is 6.54 Å². The van der Waals surface area contributed by atoms with Crippen molar-refractivity contribution in [3.05, 3.63) is 12.2 Å². The summed E-state index contributed by atoms with van der Waals surface area (Å²) in [5, 5.41) is 0. The number of rotatable bonds is 2. The zero-order valence-corrected chi connectivity index (χ0v) is 13.5. The Morgan fingerprint density at radius 1 is 1.24 bits per heavy atom. The van der Waals surface area contributed by atoms with Crippen LogP contribution in [0.2, 0.25) is 19.6 Å². The fourth-order valence-electron chi connectivity index (χ4n) is 2.32. The van der Waals surface area contributed by atoms with Crippen LogP contribution < -0.4 is 0 Å². The highest BCUT2D eigenvalue weighted by Gasteiger charge is 2.51. The zero-order chi connectivity index (χ0) is 13.3. The average Bonchev–Trinajstić information content (AvgIpc) is 2.76. The normalized spacial score (nSPS) is 29.0. The highest BCUT2D eigenvalue weighted by atomic mass is 28.3. The SMILES string of the molecule is C/C=C/[C@@H]1[C@@H](C(C)(C)C)N1CC#C[Si](C)(C)C. The van der Waals surface area contributed by atoms with Gasteiger partial charge in [-0.2, -0.15) is 0 Å². The summed E-state index contributed by atoms with van der Waals surface area (Å²) >= 11 is 0. The van der Waals surface area contributed by atoms with Gasteiger partial charge in [0.05, 0.1) is 6.54 Å². The first kappa shape index (κ1) is 14.5. The second-order valence-electron chi connectivity index (χ2n) is 7.05. The second kappa shape index (κ2) is 5.00. The first-order chi connectivity index (χ1) is 7.67. The quantitative estimate of drug-likeness (QED) is 0.313. The fraction of sp³-hybridized carbons (Fsp3) is 0.733. The Kier molecular flexibility index (Phi) is 4.27. The van der Waals surface area contributed by atoms with Crippen LogP contribution >= 0.6 is 0 Å². The van der Waals surface area contributed by atoms with Gasteiger partial charge in [0.25, 0.3) is 0 Å². The third-order valence-corrected chi connectivity index (χ3v) is 3.90. The maximum atomic E-state index is 3.45. The van der Waals surface area contributed by atoms with E-state index in [9.17, 15) is 0 Å². The first-order valence-electron chi connectivity index (χ1n) is 6.55. The molecule has 3 atom stereocenters. The third-order valence-electron chi connectivity index (χ3n) is 2.98. The topological polar surface area (TPSA) is 3.01 Å². The van der Waals surface area contributed by atoms with E-state index in [-0.39, 0.29) is 0 Å². The van der Waals surface area contributed by atoms with Crippen molar-refractivity contribution >= 4 is 8.07 Å². The molecule has 1 rings (SSSR count). The van der Waals surface area contributed by atoms with Crippen LogP contribution in [0.4, 0.5) is 0 Å². The molecule has 0 saturated carbocycles. The van der Waals surface area contributed by atoms with Gasteiger partial charge < -0.3 is 0 Å². The van der Waals surface area contributed by atoms with E-state index >= 15 is 0 Å². The van der Waals surface area contributed by atoms with Crippen molar-refractivity contribution in [2.45, 2.75) is 59.4 Å². The summed E-state index contributed by atoms with van der Waals surface area (Å²) in [7, 11) is -1.21. The molecule has 0 radical (unpaired) electrons. The molecule has 1 aliphatic heterocycles. The standard InChI is InChI=1S/C15H27NSi/c1-8-10-13-14(15(2,3)4)16(13)11-9-12-17(5,6)7/h8,10,13-14H,11H2,1-7H3/b10-8+/t13-,14+,16?/m1/s1. The molecular weight excluding hydrogens is 222 g/mol. The Bertz CT molecular complexity index is 346. The van der Waals surface area contributed by atoms with E-state index in [0.29, 0.717) is 17.5 Å². The van der Waals surface area contributed by atoms with E-state index in [1.54, 1.807) is 0 Å². The molecule has 1 aliphatic rings. The van der Waals surface area contributed by atoms with Crippen LogP contribution in [0.5, 0.6) is 0 Å². The average molecular weight is 249 g/mol. The predicted molar refractivity (Wildman–Crippen MR) is 79.7 cm³/mol. The summed E-state index contributed by atoms with van der Waals surface area (Å²) < 4.78 is 0. The smallest absolute Gasteiger partial charge is 0.129 e. The molecule has 1 nitrogen and oxygen atoms in total. The second-order valence-corrected chi connectivity index (χ2v) is 11.8. The van der Waals surface area contributed by atoms with E-state index in [1.807, 2.05) is 0 Å². The first-order valence-corrected chi connectivity index (χ1v) is 10.1. The molecule has 1 fully saturated rings. The largest absolute Gasteiger partial charge is 0.279 e. The van der Waals surface area contributed by atoms with Crippen molar-refractivity contribution in [3.8, 4) is 11.5 Å².